The van der Waals surface area contributed by atoms with E-state index < -0.39 is 24.3 Å². The summed E-state index contributed by atoms with van der Waals surface area (Å²) in [5.41, 5.74) is 1.33. The molecule has 3 N–H and O–H groups in total. The number of pyridine rings is 1. The third kappa shape index (κ3) is 3.00. The fourth-order valence-corrected chi connectivity index (χ4v) is 2.59. The van der Waals surface area contributed by atoms with E-state index in [9.17, 15) is 14.7 Å². The van der Waals surface area contributed by atoms with E-state index in [-0.39, 0.29) is 5.56 Å². The molecule has 7 nitrogen and oxygen atoms in total. The number of benzene rings is 1. The molecule has 2 aromatic rings. The number of amides is 2. The van der Waals surface area contributed by atoms with Crippen LogP contribution in [0, 0.1) is 0 Å². The van der Waals surface area contributed by atoms with E-state index in [0.29, 0.717) is 12.1 Å². The zero-order chi connectivity index (χ0) is 16.4. The maximum atomic E-state index is 12.2. The van der Waals surface area contributed by atoms with Crippen LogP contribution in [0.2, 0.25) is 0 Å². The lowest BCUT2D eigenvalue weighted by Crippen LogP contribution is -2.37. The van der Waals surface area contributed by atoms with Gasteiger partial charge in [-0.1, -0.05) is 6.07 Å². The highest BCUT2D eigenvalue weighted by Gasteiger charge is 2.39. The number of aromatic nitrogens is 1. The molecular formula is C16H15N3O4. The van der Waals surface area contributed by atoms with Crippen LogP contribution < -0.4 is 10.2 Å². The van der Waals surface area contributed by atoms with Crippen LogP contribution in [0.5, 0.6) is 0 Å². The topological polar surface area (TPSA) is 103 Å². The number of carboxylic acids is 1. The fraction of sp³-hybridized carbons (Fsp3) is 0.188. The summed E-state index contributed by atoms with van der Waals surface area (Å²) in [6.45, 7) is 0. The normalized spacial score (nSPS) is 20.4. The number of rotatable bonds is 4. The van der Waals surface area contributed by atoms with Crippen molar-refractivity contribution in [2.75, 3.05) is 4.90 Å². The third-order valence-corrected chi connectivity index (χ3v) is 3.73. The Hall–Kier alpha value is -2.93. The van der Waals surface area contributed by atoms with E-state index in [1.165, 1.54) is 18.2 Å². The van der Waals surface area contributed by atoms with Crippen LogP contribution in [0.25, 0.3) is 0 Å². The van der Waals surface area contributed by atoms with Gasteiger partial charge in [-0.3, -0.25) is 9.88 Å². The highest BCUT2D eigenvalue weighted by molar-refractivity contribution is 5.97. The molecule has 7 heteroatoms. The minimum Gasteiger partial charge on any atom is -0.478 e. The summed E-state index contributed by atoms with van der Waals surface area (Å²) in [6.07, 6.45) is 2.66. The lowest BCUT2D eigenvalue weighted by atomic mass is 10.1. The standard InChI is InChI=1S/C16H15N3O4/c20-14-13(8-10-4-6-17-7-5-10)18-16(23)19(14)12-3-1-2-11(9-12)15(21)22/h1-7,9,13-14,20H,8H2,(H,18,23)(H,21,22). The van der Waals surface area contributed by atoms with Gasteiger partial charge in [-0.25, -0.2) is 9.59 Å². The molecule has 2 atom stereocenters. The number of aromatic carboxylic acids is 1. The van der Waals surface area contributed by atoms with Crippen molar-refractivity contribution in [2.24, 2.45) is 0 Å². The lowest BCUT2D eigenvalue weighted by Gasteiger charge is -2.21. The molecule has 1 aliphatic rings. The maximum absolute atomic E-state index is 12.2. The van der Waals surface area contributed by atoms with Gasteiger partial charge in [-0.05, 0) is 42.3 Å². The zero-order valence-electron chi connectivity index (χ0n) is 12.1. The van der Waals surface area contributed by atoms with Gasteiger partial charge in [0, 0.05) is 18.1 Å². The fourth-order valence-electron chi connectivity index (χ4n) is 2.59. The quantitative estimate of drug-likeness (QED) is 0.788. The number of hydrogen-bond acceptors (Lipinski definition) is 4. The summed E-state index contributed by atoms with van der Waals surface area (Å²) in [6, 6.07) is 8.59. The number of nitrogens with one attached hydrogen (secondary N) is 1. The predicted molar refractivity (Wildman–Crippen MR) is 82.1 cm³/mol. The van der Waals surface area contributed by atoms with E-state index in [0.717, 1.165) is 10.5 Å². The number of urea groups is 1. The van der Waals surface area contributed by atoms with Gasteiger partial charge in [-0.15, -0.1) is 0 Å². The molecule has 1 fully saturated rings. The molecule has 0 radical (unpaired) electrons. The molecule has 118 valence electrons. The van der Waals surface area contributed by atoms with Gasteiger partial charge < -0.3 is 15.5 Å². The Labute approximate surface area is 132 Å². The van der Waals surface area contributed by atoms with E-state index >= 15 is 0 Å². The zero-order valence-corrected chi connectivity index (χ0v) is 12.1. The minimum atomic E-state index is -1.09. The van der Waals surface area contributed by atoms with Crippen LogP contribution in [-0.2, 0) is 6.42 Å². The largest absolute Gasteiger partial charge is 0.478 e. The van der Waals surface area contributed by atoms with E-state index in [4.69, 9.17) is 5.11 Å². The molecule has 0 aliphatic carbocycles. The number of aliphatic hydroxyl groups is 1. The first kappa shape index (κ1) is 15.0. The van der Waals surface area contributed by atoms with Crippen LogP contribution in [0.15, 0.2) is 48.8 Å². The number of carboxylic acid groups (broad SMARTS) is 1. The van der Waals surface area contributed by atoms with E-state index in [1.54, 1.807) is 18.5 Å². The highest BCUT2D eigenvalue weighted by Crippen LogP contribution is 2.24. The Balaban J connectivity index is 1.82. The number of anilines is 1. The molecule has 1 aliphatic heterocycles. The van der Waals surface area contributed by atoms with Gasteiger partial charge in [0.2, 0.25) is 0 Å². The Bertz CT molecular complexity index is 735. The molecular weight excluding hydrogens is 298 g/mol. The Morgan fingerprint density at radius 1 is 1.26 bits per heavy atom. The van der Waals surface area contributed by atoms with Gasteiger partial charge in [-0.2, -0.15) is 0 Å². The Morgan fingerprint density at radius 2 is 2.00 bits per heavy atom. The number of hydrogen-bond donors (Lipinski definition) is 3. The molecule has 0 saturated carbocycles. The molecule has 1 aromatic heterocycles. The summed E-state index contributed by atoms with van der Waals surface area (Å²) < 4.78 is 0. The molecule has 1 saturated heterocycles. The Morgan fingerprint density at radius 3 is 2.70 bits per heavy atom. The highest BCUT2D eigenvalue weighted by atomic mass is 16.4. The second-order valence-electron chi connectivity index (χ2n) is 5.25. The van der Waals surface area contributed by atoms with Crippen molar-refractivity contribution in [2.45, 2.75) is 18.7 Å². The third-order valence-electron chi connectivity index (χ3n) is 3.73. The molecule has 2 amide bonds. The monoisotopic (exact) mass is 313 g/mol. The molecule has 23 heavy (non-hydrogen) atoms. The van der Waals surface area contributed by atoms with Gasteiger partial charge in [0.25, 0.3) is 0 Å². The average molecular weight is 313 g/mol. The first-order valence-electron chi connectivity index (χ1n) is 7.06. The van der Waals surface area contributed by atoms with Crippen molar-refractivity contribution in [3.63, 3.8) is 0 Å². The van der Waals surface area contributed by atoms with Gasteiger partial charge in [0.1, 0.15) is 0 Å². The van der Waals surface area contributed by atoms with Crippen LogP contribution in [0.3, 0.4) is 0 Å². The van der Waals surface area contributed by atoms with E-state index in [2.05, 4.69) is 10.3 Å². The molecule has 2 heterocycles. The predicted octanol–water partition coefficient (Wildman–Crippen LogP) is 1.24. The second-order valence-corrected chi connectivity index (χ2v) is 5.25. The minimum absolute atomic E-state index is 0.0556. The SMILES string of the molecule is O=C(O)c1cccc(N2C(=O)NC(Cc3ccncc3)C2O)c1. The molecule has 1 aromatic carbocycles. The van der Waals surface area contributed by atoms with Crippen molar-refractivity contribution in [1.82, 2.24) is 10.3 Å². The van der Waals surface area contributed by atoms with Gasteiger partial charge in [0.15, 0.2) is 6.23 Å². The van der Waals surface area contributed by atoms with Crippen LogP contribution in [0.4, 0.5) is 10.5 Å². The van der Waals surface area contributed by atoms with Crippen LogP contribution in [0.1, 0.15) is 15.9 Å². The molecule has 2 unspecified atom stereocenters. The summed E-state index contributed by atoms with van der Waals surface area (Å²) in [5, 5.41) is 22.2. The van der Waals surface area contributed by atoms with Crippen molar-refractivity contribution in [1.29, 1.82) is 0 Å². The molecule has 0 spiro atoms. The first-order chi connectivity index (χ1) is 11.1. The van der Waals surface area contributed by atoms with Crippen LogP contribution >= 0.6 is 0 Å². The van der Waals surface area contributed by atoms with Crippen molar-refractivity contribution in [3.05, 3.63) is 59.9 Å². The maximum Gasteiger partial charge on any atom is 0.335 e. The number of aliphatic hydroxyl groups excluding tert-OH is 1. The first-order valence-corrected chi connectivity index (χ1v) is 7.06. The number of carbonyl (C=O) groups excluding carboxylic acids is 1. The van der Waals surface area contributed by atoms with Crippen molar-refractivity contribution < 1.29 is 19.8 Å². The Kier molecular flexibility index (Phi) is 3.94. The summed E-state index contributed by atoms with van der Waals surface area (Å²) in [7, 11) is 0. The lowest BCUT2D eigenvalue weighted by molar-refractivity contribution is 0.0696. The summed E-state index contributed by atoms with van der Waals surface area (Å²) in [4.78, 5) is 28.3. The average Bonchev–Trinajstić information content (AvgIpc) is 2.82. The van der Waals surface area contributed by atoms with Crippen LogP contribution in [-0.4, -0.2) is 39.5 Å². The van der Waals surface area contributed by atoms with Crippen molar-refractivity contribution >= 4 is 17.7 Å². The molecule has 0 bridgehead atoms. The number of nitrogens with zero attached hydrogens (tertiary/aromatic N) is 2. The van der Waals surface area contributed by atoms with E-state index in [1.807, 2.05) is 12.1 Å². The second kappa shape index (κ2) is 6.05. The number of carbonyl (C=O) groups is 2. The summed E-state index contributed by atoms with van der Waals surface area (Å²) in [5.74, 6) is -1.09. The van der Waals surface area contributed by atoms with Gasteiger partial charge >= 0.3 is 12.0 Å². The smallest absolute Gasteiger partial charge is 0.335 e. The van der Waals surface area contributed by atoms with Crippen molar-refractivity contribution in [3.8, 4) is 0 Å². The van der Waals surface area contributed by atoms with Gasteiger partial charge in [0.05, 0.1) is 11.6 Å². The summed E-state index contributed by atoms with van der Waals surface area (Å²) >= 11 is 0. The molecule has 3 rings (SSSR count).